The van der Waals surface area contributed by atoms with Crippen LogP contribution in [0.4, 0.5) is 0 Å². The molecule has 0 saturated carbocycles. The average molecular weight is 270 g/mol. The Hall–Kier alpha value is -0.460. The maximum Gasteiger partial charge on any atom is 0.191 e. The lowest BCUT2D eigenvalue weighted by Gasteiger charge is -2.25. The number of allylic oxidation sites excluding steroid dienone is 1. The molecule has 3 aliphatic rings. The molecule has 19 heavy (non-hydrogen) atoms. The van der Waals surface area contributed by atoms with Crippen LogP contribution in [0.25, 0.3) is 0 Å². The van der Waals surface area contributed by atoms with Gasteiger partial charge in [-0.3, -0.25) is 0 Å². The Morgan fingerprint density at radius 2 is 1.74 bits per heavy atom. The number of rotatable bonds is 1. The third-order valence-corrected chi connectivity index (χ3v) is 3.70. The average Bonchev–Trinajstić information content (AvgIpc) is 2.87. The van der Waals surface area contributed by atoms with E-state index >= 15 is 0 Å². The Balaban J connectivity index is 1.76. The summed E-state index contributed by atoms with van der Waals surface area (Å²) < 4.78 is 29.1. The van der Waals surface area contributed by atoms with Crippen LogP contribution in [-0.4, -0.2) is 42.8 Å². The van der Waals surface area contributed by atoms with Crippen molar-refractivity contribution < 1.29 is 23.7 Å². The normalized spacial score (nSPS) is 45.8. The quantitative estimate of drug-likeness (QED) is 0.682. The van der Waals surface area contributed by atoms with Crippen molar-refractivity contribution in [1.82, 2.24) is 0 Å². The van der Waals surface area contributed by atoms with Crippen LogP contribution in [0, 0.1) is 0 Å². The first-order chi connectivity index (χ1) is 8.81. The van der Waals surface area contributed by atoms with Crippen molar-refractivity contribution in [3.8, 4) is 0 Å². The summed E-state index contributed by atoms with van der Waals surface area (Å²) in [6.45, 7) is 10.1. The lowest BCUT2D eigenvalue weighted by atomic mass is 10.0. The molecule has 0 aromatic heterocycles. The predicted octanol–water partition coefficient (Wildman–Crippen LogP) is 1.96. The molecular formula is C14H22O5. The van der Waals surface area contributed by atoms with Crippen molar-refractivity contribution in [2.45, 2.75) is 70.8 Å². The zero-order valence-corrected chi connectivity index (χ0v) is 12.1. The second-order valence-electron chi connectivity index (χ2n) is 6.14. The van der Waals surface area contributed by atoms with Crippen LogP contribution >= 0.6 is 0 Å². The summed E-state index contributed by atoms with van der Waals surface area (Å²) >= 11 is 0. The molecule has 0 spiro atoms. The van der Waals surface area contributed by atoms with E-state index < -0.39 is 11.6 Å². The van der Waals surface area contributed by atoms with Crippen molar-refractivity contribution in [1.29, 1.82) is 0 Å². The molecule has 3 aliphatic heterocycles. The lowest BCUT2D eigenvalue weighted by Crippen LogP contribution is -2.34. The highest BCUT2D eigenvalue weighted by atomic mass is 16.8. The molecule has 108 valence electrons. The molecule has 0 aromatic rings. The maximum absolute atomic E-state index is 5.98. The van der Waals surface area contributed by atoms with Crippen LogP contribution in [0.15, 0.2) is 11.6 Å². The molecule has 3 saturated heterocycles. The minimum absolute atomic E-state index is 0.109. The zero-order chi connectivity index (χ0) is 13.8. The van der Waals surface area contributed by atoms with E-state index in [0.717, 1.165) is 5.57 Å². The molecule has 0 radical (unpaired) electrons. The van der Waals surface area contributed by atoms with Crippen molar-refractivity contribution in [3.63, 3.8) is 0 Å². The van der Waals surface area contributed by atoms with Crippen LogP contribution in [-0.2, 0) is 23.7 Å². The van der Waals surface area contributed by atoms with E-state index in [0.29, 0.717) is 6.61 Å². The van der Waals surface area contributed by atoms with Crippen LogP contribution < -0.4 is 0 Å². The minimum Gasteiger partial charge on any atom is -0.348 e. The summed E-state index contributed by atoms with van der Waals surface area (Å²) in [4.78, 5) is 0. The summed E-state index contributed by atoms with van der Waals surface area (Å²) in [6.07, 6.45) is 1.28. The molecule has 0 aromatic carbocycles. The highest BCUT2D eigenvalue weighted by Gasteiger charge is 2.54. The Morgan fingerprint density at radius 3 is 2.32 bits per heavy atom. The Labute approximate surface area is 113 Å². The van der Waals surface area contributed by atoms with E-state index in [-0.39, 0.29) is 24.6 Å². The summed E-state index contributed by atoms with van der Waals surface area (Å²) in [5.74, 6) is -1.15. The number of fused-ring (bicyclic) bond motifs is 1. The molecule has 5 nitrogen and oxygen atoms in total. The first kappa shape index (κ1) is 13.5. The van der Waals surface area contributed by atoms with Crippen LogP contribution in [0.2, 0.25) is 0 Å². The number of hydrogen-bond acceptors (Lipinski definition) is 5. The van der Waals surface area contributed by atoms with Crippen molar-refractivity contribution in [3.05, 3.63) is 11.6 Å². The maximum atomic E-state index is 5.98. The Kier molecular flexibility index (Phi) is 3.04. The van der Waals surface area contributed by atoms with Gasteiger partial charge in [0.25, 0.3) is 0 Å². The van der Waals surface area contributed by atoms with E-state index in [1.54, 1.807) is 0 Å². The molecule has 0 aliphatic carbocycles. The third-order valence-electron chi connectivity index (χ3n) is 3.70. The monoisotopic (exact) mass is 270 g/mol. The van der Waals surface area contributed by atoms with Gasteiger partial charge in [0.1, 0.15) is 18.3 Å². The summed E-state index contributed by atoms with van der Waals surface area (Å²) in [6, 6.07) is 0. The highest BCUT2D eigenvalue weighted by Crippen LogP contribution is 2.43. The summed E-state index contributed by atoms with van der Waals surface area (Å²) in [5, 5.41) is 0. The number of ether oxygens (including phenoxy) is 5. The molecule has 4 atom stereocenters. The highest BCUT2D eigenvalue weighted by molar-refractivity contribution is 5.23. The molecular weight excluding hydrogens is 248 g/mol. The molecule has 0 unspecified atom stereocenters. The molecule has 0 bridgehead atoms. The molecule has 0 amide bonds. The zero-order valence-electron chi connectivity index (χ0n) is 12.1. The standard InChI is InChI=1S/C14H22O5/c1-6-8-10(9-7-15-13(2,3)17-9)16-12-11(8)18-14(4,5)19-12/h6,9-12H,7H2,1-5H3/b8-6+/t9-,10+,11-,12-/m1/s1. The van der Waals surface area contributed by atoms with E-state index in [4.69, 9.17) is 23.7 Å². The van der Waals surface area contributed by atoms with Gasteiger partial charge in [0.05, 0.1) is 6.61 Å². The van der Waals surface area contributed by atoms with E-state index in [2.05, 4.69) is 0 Å². The van der Waals surface area contributed by atoms with E-state index in [9.17, 15) is 0 Å². The molecule has 5 heteroatoms. The first-order valence-corrected chi connectivity index (χ1v) is 6.80. The minimum atomic E-state index is -0.596. The second kappa shape index (κ2) is 4.27. The fourth-order valence-corrected chi connectivity index (χ4v) is 2.94. The summed E-state index contributed by atoms with van der Waals surface area (Å²) in [7, 11) is 0. The Bertz CT molecular complexity index is 401. The topological polar surface area (TPSA) is 46.2 Å². The van der Waals surface area contributed by atoms with Gasteiger partial charge in [-0.05, 0) is 40.2 Å². The largest absolute Gasteiger partial charge is 0.348 e. The van der Waals surface area contributed by atoms with Gasteiger partial charge in [0.15, 0.2) is 17.9 Å². The van der Waals surface area contributed by atoms with E-state index in [1.807, 2.05) is 40.7 Å². The van der Waals surface area contributed by atoms with Crippen LogP contribution in [0.3, 0.4) is 0 Å². The SMILES string of the molecule is C/C=C1/[C@H]2OC(C)(C)O[C@H]2O[C@@H]1[C@H]1COC(C)(C)O1. The van der Waals surface area contributed by atoms with Gasteiger partial charge in [0, 0.05) is 0 Å². The number of hydrogen-bond donors (Lipinski definition) is 0. The van der Waals surface area contributed by atoms with Gasteiger partial charge in [-0.1, -0.05) is 6.08 Å². The van der Waals surface area contributed by atoms with Crippen molar-refractivity contribution >= 4 is 0 Å². The Morgan fingerprint density at radius 1 is 1.00 bits per heavy atom. The molecule has 0 N–H and O–H groups in total. The summed E-state index contributed by atoms with van der Waals surface area (Å²) in [5.41, 5.74) is 1.09. The van der Waals surface area contributed by atoms with Crippen molar-refractivity contribution in [2.24, 2.45) is 0 Å². The van der Waals surface area contributed by atoms with E-state index in [1.165, 1.54) is 0 Å². The van der Waals surface area contributed by atoms with Crippen LogP contribution in [0.5, 0.6) is 0 Å². The first-order valence-electron chi connectivity index (χ1n) is 6.80. The lowest BCUT2D eigenvalue weighted by molar-refractivity contribution is -0.215. The van der Waals surface area contributed by atoms with Crippen molar-refractivity contribution in [2.75, 3.05) is 6.61 Å². The van der Waals surface area contributed by atoms with Crippen LogP contribution in [0.1, 0.15) is 34.6 Å². The van der Waals surface area contributed by atoms with Gasteiger partial charge in [-0.2, -0.15) is 0 Å². The molecule has 3 rings (SSSR count). The smallest absolute Gasteiger partial charge is 0.191 e. The van der Waals surface area contributed by atoms with Gasteiger partial charge in [0.2, 0.25) is 0 Å². The molecule has 3 heterocycles. The fourth-order valence-electron chi connectivity index (χ4n) is 2.94. The predicted molar refractivity (Wildman–Crippen MR) is 67.4 cm³/mol. The fraction of sp³-hybridized carbons (Fsp3) is 0.857. The molecule has 3 fully saturated rings. The van der Waals surface area contributed by atoms with Gasteiger partial charge < -0.3 is 23.7 Å². The van der Waals surface area contributed by atoms with Gasteiger partial charge in [-0.25, -0.2) is 0 Å². The van der Waals surface area contributed by atoms with Gasteiger partial charge in [-0.15, -0.1) is 0 Å². The second-order valence-corrected chi connectivity index (χ2v) is 6.14. The third kappa shape index (κ3) is 2.34. The van der Waals surface area contributed by atoms with Gasteiger partial charge >= 0.3 is 0 Å².